The number of rotatable bonds is 3. The van der Waals surface area contributed by atoms with Gasteiger partial charge in [-0.25, -0.2) is 0 Å². The molecule has 2 heterocycles. The van der Waals surface area contributed by atoms with Crippen LogP contribution in [0.3, 0.4) is 0 Å². The highest BCUT2D eigenvalue weighted by Gasteiger charge is 2.29. The summed E-state index contributed by atoms with van der Waals surface area (Å²) in [6.45, 7) is 9.22. The number of hydrogen-bond donors (Lipinski definition) is 1. The summed E-state index contributed by atoms with van der Waals surface area (Å²) in [4.78, 5) is 27.8. The van der Waals surface area contributed by atoms with Crippen LogP contribution in [0.1, 0.15) is 13.8 Å². The quantitative estimate of drug-likeness (QED) is 0.682. The lowest BCUT2D eigenvalue weighted by Crippen LogP contribution is -2.53. The molecule has 0 aromatic carbocycles. The molecule has 0 aromatic rings. The molecule has 120 valence electrons. The molecule has 2 aliphatic rings. The monoisotopic (exact) mass is 299 g/mol. The van der Waals surface area contributed by atoms with Crippen LogP contribution >= 0.6 is 0 Å². The van der Waals surface area contributed by atoms with E-state index in [9.17, 15) is 9.59 Å². The zero-order chi connectivity index (χ0) is 15.2. The summed E-state index contributed by atoms with van der Waals surface area (Å²) in [6, 6.07) is 0. The van der Waals surface area contributed by atoms with Crippen molar-refractivity contribution < 1.29 is 19.1 Å². The fraction of sp³-hybridized carbons (Fsp3) is 0.857. The molecule has 7 nitrogen and oxygen atoms in total. The first-order valence-electron chi connectivity index (χ1n) is 7.59. The third-order valence-electron chi connectivity index (χ3n) is 3.72. The minimum atomic E-state index is -0.524. The third kappa shape index (κ3) is 4.94. The van der Waals surface area contributed by atoms with Crippen LogP contribution in [0.25, 0.3) is 0 Å². The summed E-state index contributed by atoms with van der Waals surface area (Å²) in [7, 11) is 0. The Bertz CT molecular complexity index is 361. The molecular weight excluding hydrogens is 274 g/mol. The van der Waals surface area contributed by atoms with Crippen LogP contribution in [-0.2, 0) is 19.1 Å². The fourth-order valence-corrected chi connectivity index (χ4v) is 2.72. The van der Waals surface area contributed by atoms with Gasteiger partial charge in [-0.15, -0.1) is 0 Å². The first-order valence-corrected chi connectivity index (χ1v) is 7.59. The largest absolute Gasteiger partial charge is 0.379 e. The van der Waals surface area contributed by atoms with Crippen molar-refractivity contribution >= 4 is 11.8 Å². The van der Waals surface area contributed by atoms with Crippen LogP contribution in [-0.4, -0.2) is 86.3 Å². The number of hydrogen-bond acceptors (Lipinski definition) is 5. The molecular formula is C14H25N3O4. The molecule has 0 radical (unpaired) electrons. The second-order valence-corrected chi connectivity index (χ2v) is 5.68. The fourth-order valence-electron chi connectivity index (χ4n) is 2.72. The molecule has 0 spiro atoms. The highest BCUT2D eigenvalue weighted by Crippen LogP contribution is 2.10. The average Bonchev–Trinajstić information content (AvgIpc) is 2.46. The van der Waals surface area contributed by atoms with Gasteiger partial charge in [-0.05, 0) is 13.8 Å². The van der Waals surface area contributed by atoms with Crippen LogP contribution in [0.2, 0.25) is 0 Å². The second-order valence-electron chi connectivity index (χ2n) is 5.68. The van der Waals surface area contributed by atoms with Gasteiger partial charge in [-0.1, -0.05) is 0 Å². The van der Waals surface area contributed by atoms with Gasteiger partial charge in [-0.2, -0.15) is 0 Å². The number of carbonyl (C=O) groups excluding carboxylic acids is 2. The van der Waals surface area contributed by atoms with Gasteiger partial charge < -0.3 is 19.7 Å². The van der Waals surface area contributed by atoms with E-state index >= 15 is 0 Å². The van der Waals surface area contributed by atoms with E-state index in [-0.39, 0.29) is 12.2 Å². The summed E-state index contributed by atoms with van der Waals surface area (Å²) in [6.07, 6.45) is -0.0577. The van der Waals surface area contributed by atoms with Crippen molar-refractivity contribution in [3.63, 3.8) is 0 Å². The van der Waals surface area contributed by atoms with Crippen molar-refractivity contribution in [1.82, 2.24) is 15.1 Å². The minimum Gasteiger partial charge on any atom is -0.379 e. The molecule has 0 bridgehead atoms. The lowest BCUT2D eigenvalue weighted by atomic mass is 10.2. The molecule has 0 aromatic heterocycles. The zero-order valence-electron chi connectivity index (χ0n) is 12.8. The molecule has 2 atom stereocenters. The Morgan fingerprint density at radius 3 is 2.38 bits per heavy atom. The lowest BCUT2D eigenvalue weighted by Gasteiger charge is -2.34. The maximum Gasteiger partial charge on any atom is 0.312 e. The van der Waals surface area contributed by atoms with Crippen LogP contribution in [0.15, 0.2) is 0 Å². The molecule has 2 unspecified atom stereocenters. The summed E-state index contributed by atoms with van der Waals surface area (Å²) in [5, 5.41) is 2.70. The van der Waals surface area contributed by atoms with E-state index in [1.807, 2.05) is 13.8 Å². The van der Waals surface area contributed by atoms with Crippen molar-refractivity contribution in [2.24, 2.45) is 0 Å². The van der Waals surface area contributed by atoms with Gasteiger partial charge in [0.1, 0.15) is 0 Å². The molecule has 2 saturated heterocycles. The van der Waals surface area contributed by atoms with Gasteiger partial charge in [0.25, 0.3) is 0 Å². The zero-order valence-corrected chi connectivity index (χ0v) is 12.8. The van der Waals surface area contributed by atoms with Crippen LogP contribution in [0.5, 0.6) is 0 Å². The summed E-state index contributed by atoms with van der Waals surface area (Å²) >= 11 is 0. The SMILES string of the molecule is CC1CN(C(=O)C(=O)NCCN2CCOCC2)CC(C)O1. The van der Waals surface area contributed by atoms with Gasteiger partial charge >= 0.3 is 11.8 Å². The number of ether oxygens (including phenoxy) is 2. The van der Waals surface area contributed by atoms with Crippen molar-refractivity contribution in [3.05, 3.63) is 0 Å². The predicted molar refractivity (Wildman–Crippen MR) is 76.9 cm³/mol. The van der Waals surface area contributed by atoms with Gasteiger partial charge in [0.05, 0.1) is 25.4 Å². The Kier molecular flexibility index (Phi) is 5.96. The number of morpholine rings is 2. The van der Waals surface area contributed by atoms with Crippen molar-refractivity contribution in [2.45, 2.75) is 26.1 Å². The molecule has 0 aliphatic carbocycles. The summed E-state index contributed by atoms with van der Waals surface area (Å²) in [5.41, 5.74) is 0. The molecule has 2 aliphatic heterocycles. The van der Waals surface area contributed by atoms with Crippen LogP contribution < -0.4 is 5.32 Å². The highest BCUT2D eigenvalue weighted by atomic mass is 16.5. The summed E-state index contributed by atoms with van der Waals surface area (Å²) in [5.74, 6) is -0.983. The van der Waals surface area contributed by atoms with E-state index in [4.69, 9.17) is 9.47 Å². The van der Waals surface area contributed by atoms with E-state index in [2.05, 4.69) is 10.2 Å². The maximum atomic E-state index is 12.1. The number of nitrogens with zero attached hydrogens (tertiary/aromatic N) is 2. The van der Waals surface area contributed by atoms with Gasteiger partial charge in [0.15, 0.2) is 0 Å². The van der Waals surface area contributed by atoms with Gasteiger partial charge in [-0.3, -0.25) is 14.5 Å². The first kappa shape index (κ1) is 16.2. The molecule has 21 heavy (non-hydrogen) atoms. The minimum absolute atomic E-state index is 0.0288. The predicted octanol–water partition coefficient (Wildman–Crippen LogP) is -0.929. The highest BCUT2D eigenvalue weighted by molar-refractivity contribution is 6.35. The normalized spacial score (nSPS) is 27.4. The Morgan fingerprint density at radius 2 is 1.76 bits per heavy atom. The molecule has 0 saturated carbocycles. The van der Waals surface area contributed by atoms with Crippen LogP contribution in [0, 0.1) is 0 Å². The molecule has 7 heteroatoms. The summed E-state index contributed by atoms with van der Waals surface area (Å²) < 4.78 is 10.8. The first-order chi connectivity index (χ1) is 10.1. The smallest absolute Gasteiger partial charge is 0.312 e. The molecule has 2 fully saturated rings. The number of nitrogens with one attached hydrogen (secondary N) is 1. The Morgan fingerprint density at radius 1 is 1.14 bits per heavy atom. The van der Waals surface area contributed by atoms with Crippen molar-refractivity contribution in [1.29, 1.82) is 0 Å². The topological polar surface area (TPSA) is 71.1 Å². The molecule has 2 rings (SSSR count). The molecule has 2 amide bonds. The van der Waals surface area contributed by atoms with E-state index in [1.54, 1.807) is 4.90 Å². The van der Waals surface area contributed by atoms with Gasteiger partial charge in [0.2, 0.25) is 0 Å². The van der Waals surface area contributed by atoms with E-state index < -0.39 is 11.8 Å². The third-order valence-corrected chi connectivity index (χ3v) is 3.72. The van der Waals surface area contributed by atoms with E-state index in [0.29, 0.717) is 19.6 Å². The molecule has 1 N–H and O–H groups in total. The van der Waals surface area contributed by atoms with Gasteiger partial charge in [0, 0.05) is 39.3 Å². The Balaban J connectivity index is 1.70. The van der Waals surface area contributed by atoms with Crippen molar-refractivity contribution in [2.75, 3.05) is 52.5 Å². The Hall–Kier alpha value is -1.18. The van der Waals surface area contributed by atoms with Crippen molar-refractivity contribution in [3.8, 4) is 0 Å². The maximum absolute atomic E-state index is 12.1. The van der Waals surface area contributed by atoms with E-state index in [1.165, 1.54) is 0 Å². The van der Waals surface area contributed by atoms with E-state index in [0.717, 1.165) is 32.8 Å². The standard InChI is InChI=1S/C14H25N3O4/c1-11-9-17(10-12(2)21-11)14(19)13(18)15-3-4-16-5-7-20-8-6-16/h11-12H,3-10H2,1-2H3,(H,15,18). The Labute approximate surface area is 125 Å². The lowest BCUT2D eigenvalue weighted by molar-refractivity contribution is -0.153. The van der Waals surface area contributed by atoms with Crippen LogP contribution in [0.4, 0.5) is 0 Å². The average molecular weight is 299 g/mol. The number of amides is 2. The number of carbonyl (C=O) groups is 2. The second kappa shape index (κ2) is 7.72.